The van der Waals surface area contributed by atoms with Crippen LogP contribution in [0.3, 0.4) is 0 Å². The maximum atomic E-state index is 4.37. The number of rotatable bonds is 2. The van der Waals surface area contributed by atoms with Gasteiger partial charge in [0.15, 0.2) is 0 Å². The van der Waals surface area contributed by atoms with Crippen LogP contribution >= 0.6 is 0 Å². The van der Waals surface area contributed by atoms with Crippen LogP contribution in [-0.2, 0) is 0 Å². The van der Waals surface area contributed by atoms with Crippen molar-refractivity contribution in [3.8, 4) is 5.69 Å². The molecular formula is C14H16N4. The van der Waals surface area contributed by atoms with Gasteiger partial charge in [0.25, 0.3) is 0 Å². The SMILES string of the molecule is c1ccc(-n2cnnc2C2CC3CCC2N3)cc1. The van der Waals surface area contributed by atoms with Crippen LogP contribution in [0.4, 0.5) is 0 Å². The smallest absolute Gasteiger partial charge is 0.142 e. The Morgan fingerprint density at radius 3 is 2.78 bits per heavy atom. The van der Waals surface area contributed by atoms with E-state index in [9.17, 15) is 0 Å². The van der Waals surface area contributed by atoms with Crippen molar-refractivity contribution in [2.75, 3.05) is 0 Å². The highest BCUT2D eigenvalue weighted by Crippen LogP contribution is 2.39. The molecule has 2 saturated heterocycles. The first-order chi connectivity index (χ1) is 8.92. The highest BCUT2D eigenvalue weighted by molar-refractivity contribution is 5.33. The van der Waals surface area contributed by atoms with Crippen molar-refractivity contribution >= 4 is 0 Å². The largest absolute Gasteiger partial charge is 0.310 e. The fraction of sp³-hybridized carbons (Fsp3) is 0.429. The van der Waals surface area contributed by atoms with Gasteiger partial charge in [-0.25, -0.2) is 0 Å². The zero-order chi connectivity index (χ0) is 11.9. The molecule has 92 valence electrons. The first-order valence-corrected chi connectivity index (χ1v) is 6.63. The highest BCUT2D eigenvalue weighted by atomic mass is 15.3. The lowest BCUT2D eigenvalue weighted by molar-refractivity contribution is 0.481. The van der Waals surface area contributed by atoms with Gasteiger partial charge in [0.2, 0.25) is 0 Å². The second-order valence-corrected chi connectivity index (χ2v) is 5.28. The summed E-state index contributed by atoms with van der Waals surface area (Å²) in [7, 11) is 0. The zero-order valence-corrected chi connectivity index (χ0v) is 10.2. The maximum absolute atomic E-state index is 4.37. The number of benzene rings is 1. The highest BCUT2D eigenvalue weighted by Gasteiger charge is 2.42. The second-order valence-electron chi connectivity index (χ2n) is 5.28. The van der Waals surface area contributed by atoms with Crippen molar-refractivity contribution in [3.63, 3.8) is 0 Å². The number of nitrogens with zero attached hydrogens (tertiary/aromatic N) is 3. The Balaban J connectivity index is 1.73. The van der Waals surface area contributed by atoms with Crippen LogP contribution in [0.25, 0.3) is 5.69 Å². The van der Waals surface area contributed by atoms with Crippen LogP contribution in [0.1, 0.15) is 31.0 Å². The summed E-state index contributed by atoms with van der Waals surface area (Å²) in [5.41, 5.74) is 1.15. The summed E-state index contributed by atoms with van der Waals surface area (Å²) >= 11 is 0. The third-order valence-electron chi connectivity index (χ3n) is 4.24. The van der Waals surface area contributed by atoms with Crippen molar-refractivity contribution in [1.29, 1.82) is 0 Å². The van der Waals surface area contributed by atoms with Crippen LogP contribution in [0.2, 0.25) is 0 Å². The molecule has 0 amide bonds. The fourth-order valence-corrected chi connectivity index (χ4v) is 3.39. The van der Waals surface area contributed by atoms with Crippen molar-refractivity contribution in [3.05, 3.63) is 42.5 Å². The first kappa shape index (κ1) is 10.3. The molecule has 4 heteroatoms. The van der Waals surface area contributed by atoms with E-state index < -0.39 is 0 Å². The number of para-hydroxylation sites is 1. The van der Waals surface area contributed by atoms with Crippen molar-refractivity contribution < 1.29 is 0 Å². The monoisotopic (exact) mass is 240 g/mol. The summed E-state index contributed by atoms with van der Waals surface area (Å²) in [5.74, 6) is 1.63. The zero-order valence-electron chi connectivity index (χ0n) is 10.2. The molecule has 0 aliphatic carbocycles. The standard InChI is InChI=1S/C14H16N4/c1-2-4-11(5-3-1)18-9-15-17-14(18)12-8-10-6-7-13(12)16-10/h1-5,9-10,12-13,16H,6-8H2. The van der Waals surface area contributed by atoms with Crippen molar-refractivity contribution in [2.45, 2.75) is 37.3 Å². The van der Waals surface area contributed by atoms with Gasteiger partial charge in [-0.1, -0.05) is 18.2 Å². The van der Waals surface area contributed by atoms with Gasteiger partial charge in [-0.05, 0) is 31.4 Å². The molecule has 0 saturated carbocycles. The van der Waals surface area contributed by atoms with Crippen molar-refractivity contribution in [1.82, 2.24) is 20.1 Å². The van der Waals surface area contributed by atoms with E-state index in [-0.39, 0.29) is 0 Å². The Hall–Kier alpha value is -1.68. The van der Waals surface area contributed by atoms with Gasteiger partial charge >= 0.3 is 0 Å². The minimum atomic E-state index is 0.520. The molecule has 2 fully saturated rings. The van der Waals surface area contributed by atoms with E-state index in [0.29, 0.717) is 18.0 Å². The number of hydrogen-bond donors (Lipinski definition) is 1. The molecule has 2 bridgehead atoms. The van der Waals surface area contributed by atoms with Gasteiger partial charge in [0, 0.05) is 23.7 Å². The van der Waals surface area contributed by atoms with Crippen LogP contribution in [0.5, 0.6) is 0 Å². The Kier molecular flexibility index (Phi) is 2.23. The van der Waals surface area contributed by atoms with E-state index in [2.05, 4.69) is 44.3 Å². The van der Waals surface area contributed by atoms with E-state index in [4.69, 9.17) is 0 Å². The quantitative estimate of drug-likeness (QED) is 0.871. The van der Waals surface area contributed by atoms with Crippen LogP contribution in [0.15, 0.2) is 36.7 Å². The number of fused-ring (bicyclic) bond motifs is 2. The Morgan fingerprint density at radius 1 is 1.17 bits per heavy atom. The summed E-state index contributed by atoms with van der Waals surface area (Å²) in [6, 6.07) is 11.6. The summed E-state index contributed by atoms with van der Waals surface area (Å²) in [4.78, 5) is 0. The molecule has 1 aromatic heterocycles. The summed E-state index contributed by atoms with van der Waals surface area (Å²) < 4.78 is 2.13. The normalized spacial score (nSPS) is 29.9. The van der Waals surface area contributed by atoms with Crippen LogP contribution < -0.4 is 5.32 Å². The van der Waals surface area contributed by atoms with Gasteiger partial charge in [0.05, 0.1) is 0 Å². The van der Waals surface area contributed by atoms with Crippen molar-refractivity contribution in [2.24, 2.45) is 0 Å². The topological polar surface area (TPSA) is 42.7 Å². The molecule has 3 atom stereocenters. The predicted octanol–water partition coefficient (Wildman–Crippen LogP) is 1.88. The molecule has 4 rings (SSSR count). The molecule has 3 heterocycles. The Bertz CT molecular complexity index is 548. The summed E-state index contributed by atoms with van der Waals surface area (Å²) in [5, 5.41) is 12.1. The average molecular weight is 240 g/mol. The van der Waals surface area contributed by atoms with Gasteiger partial charge < -0.3 is 5.32 Å². The Labute approximate surface area is 106 Å². The summed E-state index contributed by atoms with van der Waals surface area (Å²) in [6.45, 7) is 0. The van der Waals surface area contributed by atoms with Crippen LogP contribution in [-0.4, -0.2) is 26.8 Å². The fourth-order valence-electron chi connectivity index (χ4n) is 3.39. The molecule has 18 heavy (non-hydrogen) atoms. The first-order valence-electron chi connectivity index (χ1n) is 6.63. The maximum Gasteiger partial charge on any atom is 0.142 e. The molecule has 3 unspecified atom stereocenters. The van der Waals surface area contributed by atoms with Gasteiger partial charge in [-0.3, -0.25) is 4.57 Å². The van der Waals surface area contributed by atoms with Crippen LogP contribution in [0, 0.1) is 0 Å². The lowest BCUT2D eigenvalue weighted by Gasteiger charge is -2.19. The van der Waals surface area contributed by atoms with Gasteiger partial charge in [-0.2, -0.15) is 0 Å². The molecule has 4 nitrogen and oxygen atoms in total. The van der Waals surface area contributed by atoms with Gasteiger partial charge in [0.1, 0.15) is 12.2 Å². The third kappa shape index (κ3) is 1.49. The summed E-state index contributed by atoms with van der Waals surface area (Å²) in [6.07, 6.45) is 5.63. The average Bonchev–Trinajstić information content (AvgIpc) is 3.15. The van der Waals surface area contributed by atoms with E-state index in [1.54, 1.807) is 0 Å². The van der Waals surface area contributed by atoms with E-state index >= 15 is 0 Å². The molecule has 2 aliphatic rings. The van der Waals surface area contributed by atoms with E-state index in [1.807, 2.05) is 12.4 Å². The predicted molar refractivity (Wildman–Crippen MR) is 68.7 cm³/mol. The third-order valence-corrected chi connectivity index (χ3v) is 4.24. The molecule has 2 aliphatic heterocycles. The minimum Gasteiger partial charge on any atom is -0.310 e. The number of nitrogens with one attached hydrogen (secondary N) is 1. The second kappa shape index (κ2) is 3.92. The molecule has 2 aromatic rings. The lowest BCUT2D eigenvalue weighted by Crippen LogP contribution is -2.23. The molecule has 0 spiro atoms. The molecular weight excluding hydrogens is 224 g/mol. The van der Waals surface area contributed by atoms with Gasteiger partial charge in [-0.15, -0.1) is 10.2 Å². The lowest BCUT2D eigenvalue weighted by atomic mass is 9.88. The molecule has 1 N–H and O–H groups in total. The number of aromatic nitrogens is 3. The number of hydrogen-bond acceptors (Lipinski definition) is 3. The molecule has 1 aromatic carbocycles. The van der Waals surface area contributed by atoms with E-state index in [1.165, 1.54) is 19.3 Å². The minimum absolute atomic E-state index is 0.520. The Morgan fingerprint density at radius 2 is 2.06 bits per heavy atom. The molecule has 0 radical (unpaired) electrons. The van der Waals surface area contributed by atoms with E-state index in [0.717, 1.165) is 11.5 Å².